The van der Waals surface area contributed by atoms with Crippen LogP contribution in [0.4, 0.5) is 5.69 Å². The summed E-state index contributed by atoms with van der Waals surface area (Å²) in [5.74, 6) is -0.0502. The second-order valence-electron chi connectivity index (χ2n) is 7.63. The molecule has 1 aromatic carbocycles. The molecule has 3 N–H and O–H groups in total. The minimum Gasteiger partial charge on any atom is -0.495 e. The van der Waals surface area contributed by atoms with Crippen LogP contribution in [0.2, 0.25) is 0 Å². The van der Waals surface area contributed by atoms with E-state index in [9.17, 15) is 18.0 Å². The lowest BCUT2D eigenvalue weighted by atomic mass is 10.1. The summed E-state index contributed by atoms with van der Waals surface area (Å²) in [7, 11) is -1.97. The Labute approximate surface area is 192 Å². The third-order valence-corrected chi connectivity index (χ3v) is 8.03. The number of amides is 2. The van der Waals surface area contributed by atoms with Gasteiger partial charge in [0.25, 0.3) is 0 Å². The summed E-state index contributed by atoms with van der Waals surface area (Å²) in [6.45, 7) is 3.11. The van der Waals surface area contributed by atoms with Crippen molar-refractivity contribution < 1.29 is 22.7 Å². The van der Waals surface area contributed by atoms with Crippen molar-refractivity contribution in [3.8, 4) is 5.75 Å². The molecule has 32 heavy (non-hydrogen) atoms. The number of likely N-dealkylation sites (tertiary alicyclic amines) is 1. The molecule has 1 fully saturated rings. The molecular formula is C21H28N4O5S2. The van der Waals surface area contributed by atoms with E-state index in [4.69, 9.17) is 4.74 Å². The van der Waals surface area contributed by atoms with E-state index in [0.29, 0.717) is 41.6 Å². The molecule has 1 aliphatic rings. The van der Waals surface area contributed by atoms with Crippen molar-refractivity contribution in [3.63, 3.8) is 0 Å². The number of benzene rings is 1. The van der Waals surface area contributed by atoms with E-state index >= 15 is 0 Å². The van der Waals surface area contributed by atoms with E-state index in [0.717, 1.165) is 5.56 Å². The second-order valence-corrected chi connectivity index (χ2v) is 10.5. The van der Waals surface area contributed by atoms with Crippen molar-refractivity contribution in [2.24, 2.45) is 0 Å². The molecule has 1 aliphatic heterocycles. The number of methoxy groups -OCH3 is 1. The Morgan fingerprint density at radius 3 is 2.59 bits per heavy atom. The lowest BCUT2D eigenvalue weighted by Crippen LogP contribution is -2.47. The smallest absolute Gasteiger partial charge is 0.250 e. The summed E-state index contributed by atoms with van der Waals surface area (Å²) in [6, 6.07) is 8.59. The largest absolute Gasteiger partial charge is 0.495 e. The van der Waals surface area contributed by atoms with Gasteiger partial charge in [0.15, 0.2) is 0 Å². The number of nitrogens with zero attached hydrogens (tertiary/aromatic N) is 1. The summed E-state index contributed by atoms with van der Waals surface area (Å²) >= 11 is 1.18. The lowest BCUT2D eigenvalue weighted by Gasteiger charge is -2.31. The van der Waals surface area contributed by atoms with Crippen molar-refractivity contribution >= 4 is 38.9 Å². The van der Waals surface area contributed by atoms with Crippen LogP contribution in [0.25, 0.3) is 0 Å². The molecule has 0 aliphatic carbocycles. The highest BCUT2D eigenvalue weighted by Gasteiger charge is 2.26. The van der Waals surface area contributed by atoms with Crippen molar-refractivity contribution in [1.29, 1.82) is 0 Å². The number of ether oxygens (including phenoxy) is 1. The molecule has 2 amide bonds. The Kier molecular flexibility index (Phi) is 8.24. The molecule has 1 saturated heterocycles. The molecule has 0 atom stereocenters. The zero-order valence-corrected chi connectivity index (χ0v) is 19.7. The monoisotopic (exact) mass is 480 g/mol. The Bertz CT molecular complexity index is 1030. The van der Waals surface area contributed by atoms with E-state index in [2.05, 4.69) is 15.4 Å². The summed E-state index contributed by atoms with van der Waals surface area (Å²) in [6.07, 6.45) is 1.23. The fourth-order valence-corrected chi connectivity index (χ4v) is 5.77. The lowest BCUT2D eigenvalue weighted by molar-refractivity contribution is -0.125. The fourth-order valence-electron chi connectivity index (χ4n) is 3.45. The molecule has 174 valence electrons. The van der Waals surface area contributed by atoms with Crippen LogP contribution in [0.1, 0.15) is 18.4 Å². The van der Waals surface area contributed by atoms with Gasteiger partial charge in [0.1, 0.15) is 9.96 Å². The van der Waals surface area contributed by atoms with Crippen LogP contribution in [0.3, 0.4) is 0 Å². The Hall–Kier alpha value is -2.47. The summed E-state index contributed by atoms with van der Waals surface area (Å²) < 4.78 is 33.0. The highest BCUT2D eigenvalue weighted by atomic mass is 32.2. The zero-order chi connectivity index (χ0) is 23.1. The number of carbonyl (C=O) groups is 2. The molecule has 9 nitrogen and oxygen atoms in total. The van der Waals surface area contributed by atoms with Crippen molar-refractivity contribution in [3.05, 3.63) is 41.3 Å². The first-order chi connectivity index (χ1) is 15.3. The van der Waals surface area contributed by atoms with Gasteiger partial charge in [-0.1, -0.05) is 12.1 Å². The fraction of sp³-hybridized carbons (Fsp3) is 0.429. The normalized spacial score (nSPS) is 15.3. The number of rotatable bonds is 9. The summed E-state index contributed by atoms with van der Waals surface area (Å²) in [4.78, 5) is 26.4. The average molecular weight is 481 g/mol. The molecule has 1 aromatic heterocycles. The number of nitrogens with one attached hydrogen (secondary N) is 3. The Balaban J connectivity index is 1.39. The van der Waals surface area contributed by atoms with Crippen LogP contribution in [-0.4, -0.2) is 64.5 Å². The molecule has 2 aromatic rings. The summed E-state index contributed by atoms with van der Waals surface area (Å²) in [5.41, 5.74) is 1.53. The van der Waals surface area contributed by atoms with Crippen molar-refractivity contribution in [2.45, 2.75) is 30.0 Å². The average Bonchev–Trinajstić information content (AvgIpc) is 3.30. The van der Waals surface area contributed by atoms with Crippen LogP contribution in [0.15, 0.2) is 39.9 Å². The highest BCUT2D eigenvalue weighted by Crippen LogP contribution is 2.25. The maximum atomic E-state index is 12.3. The predicted molar refractivity (Wildman–Crippen MR) is 123 cm³/mol. The highest BCUT2D eigenvalue weighted by molar-refractivity contribution is 7.91. The summed E-state index contributed by atoms with van der Waals surface area (Å²) in [5, 5.41) is 7.10. The van der Waals surface area contributed by atoms with Crippen LogP contribution < -0.4 is 20.1 Å². The van der Waals surface area contributed by atoms with Crippen LogP contribution >= 0.6 is 11.3 Å². The maximum Gasteiger partial charge on any atom is 0.250 e. The van der Waals surface area contributed by atoms with Crippen LogP contribution in [0, 0.1) is 6.92 Å². The number of hydrogen-bond donors (Lipinski definition) is 3. The molecule has 0 radical (unpaired) electrons. The number of thiophene rings is 1. The molecule has 2 heterocycles. The molecule has 0 unspecified atom stereocenters. The third-order valence-electron chi connectivity index (χ3n) is 5.11. The van der Waals surface area contributed by atoms with Gasteiger partial charge in [-0.15, -0.1) is 11.3 Å². The standard InChI is InChI=1S/C21H28N4O5S2/c1-15-5-6-18(30-2)17(12-15)23-19(26)13-22-20(27)14-25-9-7-16(8-10-25)24-32(28,29)21-4-3-11-31-21/h3-6,11-12,16,24H,7-10,13-14H2,1-2H3,(H,22,27)(H,23,26). The second kappa shape index (κ2) is 10.9. The molecule has 0 saturated carbocycles. The van der Waals surface area contributed by atoms with Crippen LogP contribution in [-0.2, 0) is 19.6 Å². The van der Waals surface area contributed by atoms with Gasteiger partial charge in [-0.2, -0.15) is 0 Å². The van der Waals surface area contributed by atoms with Gasteiger partial charge in [-0.25, -0.2) is 13.1 Å². The molecule has 0 spiro atoms. The van der Waals surface area contributed by atoms with Gasteiger partial charge < -0.3 is 15.4 Å². The minimum absolute atomic E-state index is 0.146. The van der Waals surface area contributed by atoms with Gasteiger partial charge in [0.2, 0.25) is 21.8 Å². The number of hydrogen-bond acceptors (Lipinski definition) is 7. The number of carbonyl (C=O) groups excluding carboxylic acids is 2. The van der Waals surface area contributed by atoms with E-state index in [-0.39, 0.29) is 30.9 Å². The van der Waals surface area contributed by atoms with E-state index in [1.54, 1.807) is 29.6 Å². The first-order valence-electron chi connectivity index (χ1n) is 10.3. The number of aryl methyl sites for hydroxylation is 1. The number of sulfonamides is 1. The van der Waals surface area contributed by atoms with Gasteiger partial charge in [-0.3, -0.25) is 14.5 Å². The SMILES string of the molecule is COc1ccc(C)cc1NC(=O)CNC(=O)CN1CCC(NS(=O)(=O)c2cccs2)CC1. The van der Waals surface area contributed by atoms with Gasteiger partial charge in [-0.05, 0) is 48.9 Å². The van der Waals surface area contributed by atoms with Gasteiger partial charge in [0, 0.05) is 19.1 Å². The quantitative estimate of drug-likeness (QED) is 0.502. The maximum absolute atomic E-state index is 12.3. The predicted octanol–water partition coefficient (Wildman–Crippen LogP) is 1.56. The van der Waals surface area contributed by atoms with E-state index < -0.39 is 10.0 Å². The zero-order valence-electron chi connectivity index (χ0n) is 18.1. The van der Waals surface area contributed by atoms with Gasteiger partial charge in [0.05, 0.1) is 25.9 Å². The van der Waals surface area contributed by atoms with Crippen LogP contribution in [0.5, 0.6) is 5.75 Å². The Morgan fingerprint density at radius 1 is 1.19 bits per heavy atom. The van der Waals surface area contributed by atoms with Crippen molar-refractivity contribution in [1.82, 2.24) is 14.9 Å². The first kappa shape index (κ1) is 24.2. The first-order valence-corrected chi connectivity index (χ1v) is 12.6. The Morgan fingerprint density at radius 2 is 1.94 bits per heavy atom. The molecular weight excluding hydrogens is 452 g/mol. The molecule has 0 bridgehead atoms. The third kappa shape index (κ3) is 6.76. The molecule has 3 rings (SSSR count). The topological polar surface area (TPSA) is 117 Å². The van der Waals surface area contributed by atoms with Crippen molar-refractivity contribution in [2.75, 3.05) is 38.6 Å². The number of anilines is 1. The number of piperidine rings is 1. The van der Waals surface area contributed by atoms with E-state index in [1.165, 1.54) is 18.4 Å². The minimum atomic E-state index is -3.49. The molecule has 11 heteroatoms. The van der Waals surface area contributed by atoms with E-state index in [1.807, 2.05) is 17.9 Å². The van der Waals surface area contributed by atoms with Gasteiger partial charge >= 0.3 is 0 Å².